The van der Waals surface area contributed by atoms with Gasteiger partial charge in [-0.1, -0.05) is 43.0 Å². The molecule has 0 aromatic heterocycles. The smallest absolute Gasteiger partial charge is 0.410 e. The van der Waals surface area contributed by atoms with E-state index >= 15 is 0 Å². The molecule has 1 aromatic carbocycles. The number of likely N-dealkylation sites (tertiary alicyclic amines) is 1. The third-order valence-electron chi connectivity index (χ3n) is 6.26. The summed E-state index contributed by atoms with van der Waals surface area (Å²) >= 11 is 6.06. The van der Waals surface area contributed by atoms with Gasteiger partial charge in [0.05, 0.1) is 18.5 Å². The number of carbonyl (C=O) groups excluding carboxylic acids is 2. The van der Waals surface area contributed by atoms with Crippen molar-refractivity contribution in [3.05, 3.63) is 34.9 Å². The van der Waals surface area contributed by atoms with Crippen LogP contribution in [0.2, 0.25) is 5.02 Å². The first-order valence-corrected chi connectivity index (χ1v) is 9.82. The van der Waals surface area contributed by atoms with E-state index in [-0.39, 0.29) is 12.0 Å². The van der Waals surface area contributed by atoms with Crippen molar-refractivity contribution in [1.82, 2.24) is 9.80 Å². The summed E-state index contributed by atoms with van der Waals surface area (Å²) in [5.41, 5.74) is 0.0633. The molecule has 3 fully saturated rings. The molecule has 0 bridgehead atoms. The summed E-state index contributed by atoms with van der Waals surface area (Å²) in [6.07, 6.45) is 5.47. The van der Waals surface area contributed by atoms with Crippen molar-refractivity contribution < 1.29 is 14.3 Å². The first-order chi connectivity index (χ1) is 12.4. The number of benzene rings is 1. The monoisotopic (exact) mass is 376 g/mol. The minimum Gasteiger partial charge on any atom is -0.439 e. The highest BCUT2D eigenvalue weighted by Crippen LogP contribution is 2.43. The third-order valence-corrected chi connectivity index (χ3v) is 6.51. The molecule has 4 rings (SSSR count). The second-order valence-corrected chi connectivity index (χ2v) is 8.47. The number of hydrogen-bond acceptors (Lipinski definition) is 3. The lowest BCUT2D eigenvalue weighted by Gasteiger charge is -2.39. The molecule has 1 aliphatic carbocycles. The molecule has 1 aromatic rings. The van der Waals surface area contributed by atoms with Gasteiger partial charge in [-0.25, -0.2) is 4.79 Å². The fourth-order valence-electron chi connectivity index (χ4n) is 4.88. The van der Waals surface area contributed by atoms with Gasteiger partial charge in [0.1, 0.15) is 0 Å². The summed E-state index contributed by atoms with van der Waals surface area (Å²) in [5, 5.41) is 0.688. The van der Waals surface area contributed by atoms with E-state index in [2.05, 4.69) is 0 Å². The van der Waals surface area contributed by atoms with Crippen LogP contribution in [-0.2, 0) is 14.9 Å². The molecule has 26 heavy (non-hydrogen) atoms. The zero-order valence-electron chi connectivity index (χ0n) is 15.2. The summed E-state index contributed by atoms with van der Waals surface area (Å²) in [6, 6.07) is 7.75. The highest BCUT2D eigenvalue weighted by molar-refractivity contribution is 6.30. The molecular formula is C20H25ClN2O3. The Morgan fingerprint density at radius 2 is 1.77 bits per heavy atom. The van der Waals surface area contributed by atoms with Crippen LogP contribution in [0.1, 0.15) is 44.1 Å². The molecule has 2 saturated heterocycles. The molecule has 6 heteroatoms. The van der Waals surface area contributed by atoms with Crippen molar-refractivity contribution in [1.29, 1.82) is 0 Å². The first-order valence-electron chi connectivity index (χ1n) is 9.44. The summed E-state index contributed by atoms with van der Waals surface area (Å²) in [6.45, 7) is 1.70. The quantitative estimate of drug-likeness (QED) is 0.792. The summed E-state index contributed by atoms with van der Waals surface area (Å²) < 4.78 is 5.62. The molecule has 1 unspecified atom stereocenters. The number of nitrogens with zero attached hydrogens (tertiary/aromatic N) is 2. The molecule has 0 radical (unpaired) electrons. The van der Waals surface area contributed by atoms with Crippen molar-refractivity contribution >= 4 is 23.6 Å². The van der Waals surface area contributed by atoms with Gasteiger partial charge in [0.15, 0.2) is 5.60 Å². The van der Waals surface area contributed by atoms with Crippen LogP contribution in [-0.4, -0.2) is 54.1 Å². The lowest BCUT2D eigenvalue weighted by atomic mass is 9.68. The highest BCUT2D eigenvalue weighted by atomic mass is 35.5. The van der Waals surface area contributed by atoms with Crippen molar-refractivity contribution in [2.24, 2.45) is 0 Å². The average molecular weight is 377 g/mol. The lowest BCUT2D eigenvalue weighted by molar-refractivity contribution is -0.138. The van der Waals surface area contributed by atoms with E-state index in [9.17, 15) is 9.59 Å². The van der Waals surface area contributed by atoms with E-state index < -0.39 is 11.0 Å². The molecule has 2 aliphatic heterocycles. The predicted octanol–water partition coefficient (Wildman–Crippen LogP) is 3.60. The SMILES string of the molecule is CN1CC2(CCN(C(=O)C3(c4ccc(Cl)cc4)CCCCC3)C2)OC1=O. The number of hydrogen-bond donors (Lipinski definition) is 0. The van der Waals surface area contributed by atoms with E-state index in [0.29, 0.717) is 31.1 Å². The number of carbonyl (C=O) groups is 2. The van der Waals surface area contributed by atoms with Gasteiger partial charge in [0, 0.05) is 25.0 Å². The van der Waals surface area contributed by atoms with Gasteiger partial charge in [-0.15, -0.1) is 0 Å². The van der Waals surface area contributed by atoms with E-state index in [0.717, 1.165) is 31.2 Å². The molecule has 2 amide bonds. The number of amides is 2. The maximum atomic E-state index is 13.6. The maximum Gasteiger partial charge on any atom is 0.410 e. The van der Waals surface area contributed by atoms with E-state index in [1.165, 1.54) is 6.42 Å². The zero-order chi connectivity index (χ0) is 18.4. The topological polar surface area (TPSA) is 49.9 Å². The van der Waals surface area contributed by atoms with Crippen LogP contribution in [0.15, 0.2) is 24.3 Å². The maximum absolute atomic E-state index is 13.6. The molecular weight excluding hydrogens is 352 g/mol. The Morgan fingerprint density at radius 3 is 2.38 bits per heavy atom. The van der Waals surface area contributed by atoms with Crippen LogP contribution < -0.4 is 0 Å². The zero-order valence-corrected chi connectivity index (χ0v) is 15.9. The standard InChI is InChI=1S/C20H25ClN2O3/c1-22-13-19(26-18(22)25)11-12-23(14-19)17(24)20(9-3-2-4-10-20)15-5-7-16(21)8-6-15/h5-8H,2-4,9-14H2,1H3. The Bertz CT molecular complexity index is 714. The molecule has 0 N–H and O–H groups in total. The molecule has 1 atom stereocenters. The van der Waals surface area contributed by atoms with Gasteiger partial charge in [-0.05, 0) is 30.5 Å². The second kappa shape index (κ2) is 6.45. The van der Waals surface area contributed by atoms with Crippen LogP contribution in [0.4, 0.5) is 4.79 Å². The Labute approximate surface area is 159 Å². The Morgan fingerprint density at radius 1 is 1.08 bits per heavy atom. The molecule has 2 heterocycles. The predicted molar refractivity (Wildman–Crippen MR) is 99.3 cm³/mol. The Kier molecular flexibility index (Phi) is 4.38. The van der Waals surface area contributed by atoms with Crippen molar-refractivity contribution in [3.63, 3.8) is 0 Å². The van der Waals surface area contributed by atoms with Gasteiger partial charge in [0.25, 0.3) is 0 Å². The fourth-order valence-corrected chi connectivity index (χ4v) is 5.00. The van der Waals surface area contributed by atoms with Crippen molar-refractivity contribution in [3.8, 4) is 0 Å². The average Bonchev–Trinajstić information content (AvgIpc) is 3.17. The highest BCUT2D eigenvalue weighted by Gasteiger charge is 2.52. The van der Waals surface area contributed by atoms with E-state index in [1.54, 1.807) is 11.9 Å². The van der Waals surface area contributed by atoms with Crippen LogP contribution >= 0.6 is 11.6 Å². The lowest BCUT2D eigenvalue weighted by Crippen LogP contribution is -2.49. The van der Waals surface area contributed by atoms with Crippen LogP contribution in [0.25, 0.3) is 0 Å². The van der Waals surface area contributed by atoms with Crippen LogP contribution in [0.3, 0.4) is 0 Å². The number of halogens is 1. The Hall–Kier alpha value is -1.75. The normalized spacial score (nSPS) is 27.8. The van der Waals surface area contributed by atoms with E-state index in [1.807, 2.05) is 29.2 Å². The van der Waals surface area contributed by atoms with E-state index in [4.69, 9.17) is 16.3 Å². The molecule has 3 aliphatic rings. The summed E-state index contributed by atoms with van der Waals surface area (Å²) in [7, 11) is 1.75. The summed E-state index contributed by atoms with van der Waals surface area (Å²) in [4.78, 5) is 29.0. The molecule has 1 saturated carbocycles. The Balaban J connectivity index is 1.60. The van der Waals surface area contributed by atoms with Gasteiger partial charge in [-0.2, -0.15) is 0 Å². The number of likely N-dealkylation sites (N-methyl/N-ethyl adjacent to an activating group) is 1. The minimum absolute atomic E-state index is 0.182. The third kappa shape index (κ3) is 2.86. The summed E-state index contributed by atoms with van der Waals surface area (Å²) in [5.74, 6) is 0.182. The minimum atomic E-state index is -0.530. The number of ether oxygens (including phenoxy) is 1. The van der Waals surface area contributed by atoms with Gasteiger partial charge < -0.3 is 14.5 Å². The number of rotatable bonds is 2. The molecule has 140 valence electrons. The molecule has 1 spiro atoms. The molecule has 5 nitrogen and oxygen atoms in total. The first kappa shape index (κ1) is 17.7. The van der Waals surface area contributed by atoms with Gasteiger partial charge in [-0.3, -0.25) is 4.79 Å². The van der Waals surface area contributed by atoms with Crippen molar-refractivity contribution in [2.45, 2.75) is 49.5 Å². The second-order valence-electron chi connectivity index (χ2n) is 8.03. The fraction of sp³-hybridized carbons (Fsp3) is 0.600. The van der Waals surface area contributed by atoms with Crippen molar-refractivity contribution in [2.75, 3.05) is 26.7 Å². The van der Waals surface area contributed by atoms with Crippen LogP contribution in [0.5, 0.6) is 0 Å². The largest absolute Gasteiger partial charge is 0.439 e. The van der Waals surface area contributed by atoms with Gasteiger partial charge >= 0.3 is 6.09 Å². The van der Waals surface area contributed by atoms with Crippen LogP contribution in [0, 0.1) is 0 Å². The van der Waals surface area contributed by atoms with Gasteiger partial charge in [0.2, 0.25) is 5.91 Å².